The number of halogens is 5. The minimum atomic E-state index is -4.78. The highest BCUT2D eigenvalue weighted by Crippen LogP contribution is 2.33. The molecular formula is C22H27F5N4O4S2. The van der Waals surface area contributed by atoms with E-state index in [0.29, 0.717) is 23.1 Å². The van der Waals surface area contributed by atoms with Gasteiger partial charge in [0.1, 0.15) is 0 Å². The summed E-state index contributed by atoms with van der Waals surface area (Å²) < 4.78 is 120. The largest absolute Gasteiger partial charge is 0.416 e. The zero-order chi connectivity index (χ0) is 27.6. The van der Waals surface area contributed by atoms with Crippen LogP contribution in [0.2, 0.25) is 0 Å². The number of rotatable bonds is 9. The van der Waals surface area contributed by atoms with Crippen LogP contribution < -0.4 is 4.90 Å². The Morgan fingerprint density at radius 2 is 1.46 bits per heavy atom. The third kappa shape index (κ3) is 6.76. The van der Waals surface area contributed by atoms with Crippen molar-refractivity contribution in [3.8, 4) is 0 Å². The lowest BCUT2D eigenvalue weighted by Crippen LogP contribution is -2.51. The zero-order valence-corrected chi connectivity index (χ0v) is 21.7. The number of hydrogen-bond donors (Lipinski definition) is 0. The summed E-state index contributed by atoms with van der Waals surface area (Å²) >= 11 is 0. The molecule has 2 aromatic rings. The maximum Gasteiger partial charge on any atom is 0.416 e. The Morgan fingerprint density at radius 3 is 1.97 bits per heavy atom. The molecule has 15 heteroatoms. The van der Waals surface area contributed by atoms with E-state index < -0.39 is 57.1 Å². The molecule has 0 unspecified atom stereocenters. The fourth-order valence-corrected chi connectivity index (χ4v) is 6.40. The van der Waals surface area contributed by atoms with E-state index in [-0.39, 0.29) is 18.0 Å². The molecule has 1 aliphatic heterocycles. The normalized spacial score (nSPS) is 16.2. The molecular weight excluding hydrogens is 543 g/mol. The van der Waals surface area contributed by atoms with Gasteiger partial charge >= 0.3 is 6.18 Å². The number of anilines is 1. The third-order valence-corrected chi connectivity index (χ3v) is 9.64. The van der Waals surface area contributed by atoms with Gasteiger partial charge in [-0.2, -0.15) is 34.5 Å². The van der Waals surface area contributed by atoms with Gasteiger partial charge in [0.2, 0.25) is 10.0 Å². The van der Waals surface area contributed by atoms with E-state index in [4.69, 9.17) is 0 Å². The average molecular weight is 571 g/mol. The Morgan fingerprint density at radius 1 is 0.892 bits per heavy atom. The fourth-order valence-electron chi connectivity index (χ4n) is 3.91. The summed E-state index contributed by atoms with van der Waals surface area (Å²) in [5.41, 5.74) is -0.958. The van der Waals surface area contributed by atoms with Gasteiger partial charge < -0.3 is 4.90 Å². The summed E-state index contributed by atoms with van der Waals surface area (Å²) in [5.74, 6) is 0. The lowest BCUT2D eigenvalue weighted by Gasteiger charge is -2.36. The van der Waals surface area contributed by atoms with Gasteiger partial charge in [-0.25, -0.2) is 17.2 Å². The smallest absolute Gasteiger partial charge is 0.369 e. The molecule has 0 aromatic heterocycles. The van der Waals surface area contributed by atoms with E-state index in [1.54, 1.807) is 0 Å². The van der Waals surface area contributed by atoms with Crippen LogP contribution >= 0.6 is 0 Å². The highest BCUT2D eigenvalue weighted by atomic mass is 32.2. The second-order valence-corrected chi connectivity index (χ2v) is 12.6. The van der Waals surface area contributed by atoms with Crippen molar-refractivity contribution in [2.45, 2.75) is 24.0 Å². The van der Waals surface area contributed by atoms with Crippen molar-refractivity contribution in [3.63, 3.8) is 0 Å². The first-order chi connectivity index (χ1) is 17.1. The van der Waals surface area contributed by atoms with Crippen molar-refractivity contribution in [3.05, 3.63) is 59.7 Å². The Hall–Kier alpha value is -2.33. The van der Waals surface area contributed by atoms with Crippen molar-refractivity contribution >= 4 is 25.9 Å². The Labute approximate surface area is 213 Å². The van der Waals surface area contributed by atoms with Crippen molar-refractivity contribution in [1.82, 2.24) is 12.9 Å². The predicted octanol–water partition coefficient (Wildman–Crippen LogP) is 3.09. The molecule has 2 aromatic carbocycles. The first-order valence-electron chi connectivity index (χ1n) is 11.1. The van der Waals surface area contributed by atoms with Gasteiger partial charge in [0, 0.05) is 52.5 Å². The molecule has 8 nitrogen and oxygen atoms in total. The van der Waals surface area contributed by atoms with Gasteiger partial charge in [-0.3, -0.25) is 0 Å². The first kappa shape index (κ1) is 29.2. The number of piperazine rings is 1. The SMILES string of the molecule is CN(C)S(=O)(=O)N1CCN(c2ccc(S(=O)(=O)N(Cc3ccccc3C(F)(F)F)CC(F)F)cc2)CC1. The molecule has 0 atom stereocenters. The predicted molar refractivity (Wildman–Crippen MR) is 128 cm³/mol. The molecule has 1 heterocycles. The van der Waals surface area contributed by atoms with Crippen molar-refractivity contribution in [2.75, 3.05) is 51.7 Å². The molecule has 3 rings (SSSR count). The lowest BCUT2D eigenvalue weighted by molar-refractivity contribution is -0.138. The summed E-state index contributed by atoms with van der Waals surface area (Å²) in [4.78, 5) is 1.49. The van der Waals surface area contributed by atoms with Crippen LogP contribution in [0, 0.1) is 0 Å². The monoisotopic (exact) mass is 570 g/mol. The van der Waals surface area contributed by atoms with E-state index in [1.165, 1.54) is 48.7 Å². The van der Waals surface area contributed by atoms with E-state index in [0.717, 1.165) is 22.5 Å². The van der Waals surface area contributed by atoms with Crippen LogP contribution in [0.25, 0.3) is 0 Å². The van der Waals surface area contributed by atoms with Crippen LogP contribution in [0.1, 0.15) is 11.1 Å². The highest BCUT2D eigenvalue weighted by molar-refractivity contribution is 7.89. The van der Waals surface area contributed by atoms with Crippen molar-refractivity contribution in [1.29, 1.82) is 0 Å². The van der Waals surface area contributed by atoms with Crippen LogP contribution in [-0.4, -0.2) is 83.0 Å². The van der Waals surface area contributed by atoms with E-state index >= 15 is 0 Å². The van der Waals surface area contributed by atoms with Crippen LogP contribution in [0.5, 0.6) is 0 Å². The topological polar surface area (TPSA) is 81.2 Å². The third-order valence-electron chi connectivity index (χ3n) is 5.88. The minimum Gasteiger partial charge on any atom is -0.369 e. The standard InChI is InChI=1S/C22H27F5N4O4S2/c1-28(2)37(34,35)30-13-11-29(12-14-30)18-7-9-19(10-8-18)36(32,33)31(16-21(23)24)15-17-5-3-4-6-20(17)22(25,26)27/h3-10,21H,11-16H2,1-2H3. The number of benzene rings is 2. The first-order valence-corrected chi connectivity index (χ1v) is 13.9. The number of alkyl halides is 5. The Kier molecular flexibility index (Phi) is 8.84. The highest BCUT2D eigenvalue weighted by Gasteiger charge is 2.35. The molecule has 37 heavy (non-hydrogen) atoms. The van der Waals surface area contributed by atoms with Crippen molar-refractivity contribution in [2.24, 2.45) is 0 Å². The molecule has 1 fully saturated rings. The molecule has 0 amide bonds. The van der Waals surface area contributed by atoms with Gasteiger partial charge in [0.05, 0.1) is 17.0 Å². The molecule has 1 aliphatic rings. The van der Waals surface area contributed by atoms with E-state index in [1.807, 2.05) is 4.90 Å². The van der Waals surface area contributed by atoms with Crippen LogP contribution in [0.3, 0.4) is 0 Å². The summed E-state index contributed by atoms with van der Waals surface area (Å²) in [6.07, 6.45) is -7.89. The second kappa shape index (κ2) is 11.2. The Bertz CT molecular complexity index is 1280. The number of sulfonamides is 1. The minimum absolute atomic E-state index is 0.210. The number of hydrogen-bond acceptors (Lipinski definition) is 5. The zero-order valence-electron chi connectivity index (χ0n) is 20.1. The molecule has 0 spiro atoms. The van der Waals surface area contributed by atoms with Crippen LogP contribution in [-0.2, 0) is 33.0 Å². The van der Waals surface area contributed by atoms with Gasteiger partial charge in [0.25, 0.3) is 16.6 Å². The maximum atomic E-state index is 13.4. The summed E-state index contributed by atoms with van der Waals surface area (Å²) in [6, 6.07) is 9.52. The van der Waals surface area contributed by atoms with Gasteiger partial charge in [-0.1, -0.05) is 18.2 Å². The Balaban J connectivity index is 1.81. The maximum absolute atomic E-state index is 13.4. The van der Waals surface area contributed by atoms with Crippen LogP contribution in [0.15, 0.2) is 53.4 Å². The molecule has 1 saturated heterocycles. The van der Waals surface area contributed by atoms with Gasteiger partial charge in [-0.15, -0.1) is 0 Å². The fraction of sp³-hybridized carbons (Fsp3) is 0.455. The molecule has 0 N–H and O–H groups in total. The molecule has 0 saturated carbocycles. The van der Waals surface area contributed by atoms with E-state index in [2.05, 4.69) is 0 Å². The molecule has 206 valence electrons. The second-order valence-electron chi connectivity index (χ2n) is 8.51. The summed E-state index contributed by atoms with van der Waals surface area (Å²) in [5, 5.41) is 0. The molecule has 0 radical (unpaired) electrons. The number of nitrogens with zero attached hydrogens (tertiary/aromatic N) is 4. The summed E-state index contributed by atoms with van der Waals surface area (Å²) in [6.45, 7) is -1.07. The van der Waals surface area contributed by atoms with Crippen molar-refractivity contribution < 1.29 is 38.8 Å². The van der Waals surface area contributed by atoms with Crippen LogP contribution in [0.4, 0.5) is 27.6 Å². The quantitative estimate of drug-likeness (QED) is 0.433. The summed E-state index contributed by atoms with van der Waals surface area (Å²) in [7, 11) is -5.27. The average Bonchev–Trinajstić information content (AvgIpc) is 2.83. The lowest BCUT2D eigenvalue weighted by atomic mass is 10.1. The molecule has 0 bridgehead atoms. The van der Waals surface area contributed by atoms with E-state index in [9.17, 15) is 38.8 Å². The van der Waals surface area contributed by atoms with Gasteiger partial charge in [-0.05, 0) is 35.9 Å². The van der Waals surface area contributed by atoms with Gasteiger partial charge in [0.15, 0.2) is 0 Å². The molecule has 0 aliphatic carbocycles.